The molecule has 1 aromatic carbocycles. The normalized spacial score (nSPS) is 17.0. The molecule has 1 fully saturated rings. The molecule has 0 aromatic heterocycles. The molecule has 0 spiro atoms. The van der Waals surface area contributed by atoms with Crippen molar-refractivity contribution >= 4 is 46.2 Å². The van der Waals surface area contributed by atoms with E-state index in [1.54, 1.807) is 0 Å². The number of hydrogen-bond acceptors (Lipinski definition) is 4. The Morgan fingerprint density at radius 3 is 2.57 bits per heavy atom. The van der Waals surface area contributed by atoms with E-state index >= 15 is 0 Å². The summed E-state index contributed by atoms with van der Waals surface area (Å²) in [7, 11) is 0. The molecule has 1 aliphatic heterocycles. The highest BCUT2D eigenvalue weighted by Gasteiger charge is 2.32. The van der Waals surface area contributed by atoms with Gasteiger partial charge in [-0.3, -0.25) is 14.5 Å². The Hall–Kier alpha value is -1.66. The molecule has 4 nitrogen and oxygen atoms in total. The topological polar surface area (TPSA) is 49.4 Å². The van der Waals surface area contributed by atoms with Crippen molar-refractivity contribution < 1.29 is 9.59 Å². The lowest BCUT2D eigenvalue weighted by molar-refractivity contribution is -0.124. The predicted molar refractivity (Wildman–Crippen MR) is 98.8 cm³/mol. The van der Waals surface area contributed by atoms with Gasteiger partial charge in [-0.15, -0.1) is 0 Å². The number of thiocarbonyl (C=S) groups is 1. The van der Waals surface area contributed by atoms with Gasteiger partial charge in [-0.1, -0.05) is 54.3 Å². The average molecular weight is 348 g/mol. The van der Waals surface area contributed by atoms with Crippen LogP contribution in [0.5, 0.6) is 0 Å². The Labute approximate surface area is 146 Å². The molecule has 2 rings (SSSR count). The van der Waals surface area contributed by atoms with E-state index in [1.165, 1.54) is 16.7 Å². The molecule has 0 radical (unpaired) electrons. The number of carbonyl (C=O) groups is 2. The lowest BCUT2D eigenvalue weighted by atomic mass is 10.1. The molecule has 1 heterocycles. The second-order valence-corrected chi connectivity index (χ2v) is 7.97. The van der Waals surface area contributed by atoms with E-state index in [2.05, 4.69) is 5.32 Å². The average Bonchev–Trinajstić information content (AvgIpc) is 2.71. The molecule has 0 aliphatic carbocycles. The van der Waals surface area contributed by atoms with E-state index in [9.17, 15) is 9.59 Å². The molecular weight excluding hydrogens is 328 g/mol. The molecule has 1 aliphatic rings. The SMILES string of the molecule is CC(C)(C)NC(=O)CCN1C(=O)/C(=C/c2ccccc2)SC1=S. The number of benzene rings is 1. The maximum absolute atomic E-state index is 12.4. The molecule has 0 unspecified atom stereocenters. The minimum atomic E-state index is -0.278. The Morgan fingerprint density at radius 2 is 1.96 bits per heavy atom. The van der Waals surface area contributed by atoms with Gasteiger partial charge in [0.1, 0.15) is 4.32 Å². The van der Waals surface area contributed by atoms with Crippen LogP contribution in [0.4, 0.5) is 0 Å². The molecule has 122 valence electrons. The smallest absolute Gasteiger partial charge is 0.266 e. The van der Waals surface area contributed by atoms with Crippen molar-refractivity contribution in [1.29, 1.82) is 0 Å². The van der Waals surface area contributed by atoms with Gasteiger partial charge in [0.15, 0.2) is 0 Å². The fourth-order valence-electron chi connectivity index (χ4n) is 2.09. The second kappa shape index (κ2) is 7.27. The quantitative estimate of drug-likeness (QED) is 0.671. The molecule has 1 N–H and O–H groups in total. The zero-order valence-electron chi connectivity index (χ0n) is 13.5. The van der Waals surface area contributed by atoms with Crippen molar-refractivity contribution in [3.8, 4) is 0 Å². The van der Waals surface area contributed by atoms with Crippen LogP contribution >= 0.6 is 24.0 Å². The van der Waals surface area contributed by atoms with Gasteiger partial charge >= 0.3 is 0 Å². The van der Waals surface area contributed by atoms with E-state index < -0.39 is 0 Å². The van der Waals surface area contributed by atoms with Crippen LogP contribution in [0.3, 0.4) is 0 Å². The van der Waals surface area contributed by atoms with Gasteiger partial charge < -0.3 is 5.32 Å². The molecule has 23 heavy (non-hydrogen) atoms. The summed E-state index contributed by atoms with van der Waals surface area (Å²) < 4.78 is 0.501. The van der Waals surface area contributed by atoms with Crippen molar-refractivity contribution in [2.45, 2.75) is 32.7 Å². The summed E-state index contributed by atoms with van der Waals surface area (Å²) in [4.78, 5) is 26.4. The van der Waals surface area contributed by atoms with Crippen molar-refractivity contribution in [3.05, 3.63) is 40.8 Å². The summed E-state index contributed by atoms with van der Waals surface area (Å²) in [6, 6.07) is 9.63. The van der Waals surface area contributed by atoms with Crippen LogP contribution in [0.2, 0.25) is 0 Å². The summed E-state index contributed by atoms with van der Waals surface area (Å²) >= 11 is 6.55. The van der Waals surface area contributed by atoms with Crippen LogP contribution in [-0.4, -0.2) is 33.1 Å². The van der Waals surface area contributed by atoms with Gasteiger partial charge in [0.25, 0.3) is 5.91 Å². The Kier molecular flexibility index (Phi) is 5.59. The summed E-state index contributed by atoms with van der Waals surface area (Å²) in [6.07, 6.45) is 2.07. The summed E-state index contributed by atoms with van der Waals surface area (Å²) in [5.74, 6) is -0.217. The van der Waals surface area contributed by atoms with Crippen molar-refractivity contribution in [2.24, 2.45) is 0 Å². The summed E-state index contributed by atoms with van der Waals surface area (Å²) in [6.45, 7) is 6.08. The molecule has 2 amide bonds. The summed E-state index contributed by atoms with van der Waals surface area (Å²) in [5, 5.41) is 2.88. The van der Waals surface area contributed by atoms with Gasteiger partial charge in [0, 0.05) is 18.5 Å². The Morgan fingerprint density at radius 1 is 1.30 bits per heavy atom. The van der Waals surface area contributed by atoms with E-state index in [4.69, 9.17) is 12.2 Å². The van der Waals surface area contributed by atoms with E-state index in [0.29, 0.717) is 15.8 Å². The van der Waals surface area contributed by atoms with Gasteiger partial charge in [-0.25, -0.2) is 0 Å². The first-order valence-electron chi connectivity index (χ1n) is 7.38. The summed E-state index contributed by atoms with van der Waals surface area (Å²) in [5.41, 5.74) is 0.679. The van der Waals surface area contributed by atoms with Crippen LogP contribution in [0.25, 0.3) is 6.08 Å². The number of nitrogens with zero attached hydrogens (tertiary/aromatic N) is 1. The largest absolute Gasteiger partial charge is 0.351 e. The van der Waals surface area contributed by atoms with E-state index in [1.807, 2.05) is 57.2 Å². The first-order valence-corrected chi connectivity index (χ1v) is 8.60. The van der Waals surface area contributed by atoms with Crippen LogP contribution in [0.15, 0.2) is 35.2 Å². The molecular formula is C17H20N2O2S2. The number of carbonyl (C=O) groups excluding carboxylic acids is 2. The fourth-order valence-corrected chi connectivity index (χ4v) is 3.40. The van der Waals surface area contributed by atoms with Gasteiger partial charge in [0.05, 0.1) is 4.91 Å². The van der Waals surface area contributed by atoms with Crippen LogP contribution in [-0.2, 0) is 9.59 Å². The standard InChI is InChI=1S/C17H20N2O2S2/c1-17(2,3)18-14(20)9-10-19-15(21)13(23-16(19)22)11-12-7-5-4-6-8-12/h4-8,11H,9-10H2,1-3H3,(H,18,20)/b13-11-. The number of nitrogens with one attached hydrogen (secondary N) is 1. The lowest BCUT2D eigenvalue weighted by Gasteiger charge is -2.21. The molecule has 0 saturated carbocycles. The molecule has 1 saturated heterocycles. The first-order chi connectivity index (χ1) is 10.8. The van der Waals surface area contributed by atoms with E-state index in [0.717, 1.165) is 5.56 Å². The Bertz CT molecular complexity index is 648. The minimum Gasteiger partial charge on any atom is -0.351 e. The second-order valence-electron chi connectivity index (χ2n) is 6.29. The number of hydrogen-bond donors (Lipinski definition) is 1. The highest BCUT2D eigenvalue weighted by Crippen LogP contribution is 2.32. The highest BCUT2D eigenvalue weighted by atomic mass is 32.2. The number of amides is 2. The van der Waals surface area contributed by atoms with Crippen LogP contribution in [0, 0.1) is 0 Å². The fraction of sp³-hybridized carbons (Fsp3) is 0.353. The number of rotatable bonds is 4. The maximum atomic E-state index is 12.4. The zero-order valence-corrected chi connectivity index (χ0v) is 15.1. The number of thioether (sulfide) groups is 1. The van der Waals surface area contributed by atoms with Gasteiger partial charge in [-0.05, 0) is 32.4 Å². The van der Waals surface area contributed by atoms with Crippen molar-refractivity contribution in [3.63, 3.8) is 0 Å². The maximum Gasteiger partial charge on any atom is 0.266 e. The van der Waals surface area contributed by atoms with Crippen molar-refractivity contribution in [2.75, 3.05) is 6.54 Å². The zero-order chi connectivity index (χ0) is 17.0. The van der Waals surface area contributed by atoms with E-state index in [-0.39, 0.29) is 23.8 Å². The van der Waals surface area contributed by atoms with Crippen LogP contribution < -0.4 is 5.32 Å². The third-order valence-electron chi connectivity index (χ3n) is 3.05. The Balaban J connectivity index is 1.99. The van der Waals surface area contributed by atoms with Crippen LogP contribution in [0.1, 0.15) is 32.8 Å². The lowest BCUT2D eigenvalue weighted by Crippen LogP contribution is -2.42. The van der Waals surface area contributed by atoms with Gasteiger partial charge in [-0.2, -0.15) is 0 Å². The first kappa shape index (κ1) is 17.7. The monoisotopic (exact) mass is 348 g/mol. The molecule has 0 bridgehead atoms. The van der Waals surface area contributed by atoms with Gasteiger partial charge in [0.2, 0.25) is 5.91 Å². The highest BCUT2D eigenvalue weighted by molar-refractivity contribution is 8.26. The molecule has 0 atom stereocenters. The minimum absolute atomic E-state index is 0.0846. The van der Waals surface area contributed by atoms with Crippen molar-refractivity contribution in [1.82, 2.24) is 10.2 Å². The third-order valence-corrected chi connectivity index (χ3v) is 4.43. The molecule has 1 aromatic rings. The molecule has 6 heteroatoms. The third kappa shape index (κ3) is 5.18. The predicted octanol–water partition coefficient (Wildman–Crippen LogP) is 3.19.